The Morgan fingerprint density at radius 2 is 2.00 bits per heavy atom. The first-order valence-corrected chi connectivity index (χ1v) is 14.1. The van der Waals surface area contributed by atoms with E-state index in [1.807, 2.05) is 49.4 Å². The van der Waals surface area contributed by atoms with Gasteiger partial charge in [0, 0.05) is 28.7 Å². The molecule has 0 amide bonds. The Kier molecular flexibility index (Phi) is 7.46. The van der Waals surface area contributed by atoms with Crippen LogP contribution in [0.3, 0.4) is 0 Å². The number of benzene rings is 2. The lowest BCUT2D eigenvalue weighted by Gasteiger charge is -2.25. The van der Waals surface area contributed by atoms with Gasteiger partial charge in [-0.25, -0.2) is 9.79 Å². The summed E-state index contributed by atoms with van der Waals surface area (Å²) in [6, 6.07) is 13.0. The van der Waals surface area contributed by atoms with Crippen LogP contribution in [0.1, 0.15) is 36.7 Å². The van der Waals surface area contributed by atoms with Crippen molar-refractivity contribution in [2.75, 3.05) is 13.7 Å². The van der Waals surface area contributed by atoms with Gasteiger partial charge in [0.05, 0.1) is 40.0 Å². The molecular formula is C30H28BrN3O4S. The van der Waals surface area contributed by atoms with E-state index in [-0.39, 0.29) is 12.2 Å². The number of rotatable bonds is 7. The number of carbonyl (C=O) groups is 1. The molecule has 0 saturated carbocycles. The van der Waals surface area contributed by atoms with Gasteiger partial charge in [-0.05, 0) is 66.5 Å². The first-order valence-electron chi connectivity index (χ1n) is 12.5. The van der Waals surface area contributed by atoms with Crippen LogP contribution < -0.4 is 19.6 Å². The number of aromatic nitrogens is 2. The lowest BCUT2D eigenvalue weighted by Crippen LogP contribution is -2.40. The second-order valence-corrected chi connectivity index (χ2v) is 11.0. The Hall–Kier alpha value is -3.69. The topological polar surface area (TPSA) is 74.8 Å². The monoisotopic (exact) mass is 605 g/mol. The number of methoxy groups -OCH3 is 1. The van der Waals surface area contributed by atoms with E-state index in [9.17, 15) is 9.59 Å². The molecule has 0 aliphatic carbocycles. The lowest BCUT2D eigenvalue weighted by molar-refractivity contribution is -0.139. The van der Waals surface area contributed by atoms with E-state index in [4.69, 9.17) is 14.5 Å². The van der Waals surface area contributed by atoms with Gasteiger partial charge in [0.2, 0.25) is 0 Å². The van der Waals surface area contributed by atoms with Crippen LogP contribution in [-0.2, 0) is 16.1 Å². The Bertz CT molecular complexity index is 1840. The molecule has 1 atom stereocenters. The predicted octanol–water partition coefficient (Wildman–Crippen LogP) is 5.02. The van der Waals surface area contributed by atoms with E-state index in [1.165, 1.54) is 11.3 Å². The zero-order valence-corrected chi connectivity index (χ0v) is 24.6. The number of ether oxygens (including phenoxy) is 2. The molecule has 0 saturated heterocycles. The van der Waals surface area contributed by atoms with E-state index in [0.717, 1.165) is 27.7 Å². The molecule has 7 nitrogen and oxygen atoms in total. The standard InChI is InChI=1S/C30H28BrN3O4S/c1-6-14-33-18(4)21(20-10-8-9-11-23(20)33)16-25-28(35)34-27(19-12-13-24(37-5)22(31)15-19)26(29(36)38-7-2)17(3)32-30(34)39-25/h6,8-13,15-16,27H,1,7,14H2,2-5H3/b25-16-/t27-/m1/s1. The van der Waals surface area contributed by atoms with E-state index in [2.05, 4.69) is 39.2 Å². The van der Waals surface area contributed by atoms with Gasteiger partial charge in [-0.2, -0.15) is 0 Å². The van der Waals surface area contributed by atoms with E-state index < -0.39 is 12.0 Å². The van der Waals surface area contributed by atoms with Crippen molar-refractivity contribution in [3.63, 3.8) is 0 Å². The first-order chi connectivity index (χ1) is 18.8. The lowest BCUT2D eigenvalue weighted by atomic mass is 9.96. The van der Waals surface area contributed by atoms with E-state index in [1.54, 1.807) is 25.5 Å². The first kappa shape index (κ1) is 26.9. The van der Waals surface area contributed by atoms with Gasteiger partial charge in [0.1, 0.15) is 5.75 Å². The van der Waals surface area contributed by atoms with Crippen LogP contribution in [0.15, 0.2) is 80.6 Å². The van der Waals surface area contributed by atoms with Crippen molar-refractivity contribution in [1.82, 2.24) is 9.13 Å². The molecule has 1 aliphatic rings. The molecular weight excluding hydrogens is 578 g/mol. The maximum Gasteiger partial charge on any atom is 0.338 e. The predicted molar refractivity (Wildman–Crippen MR) is 158 cm³/mol. The molecule has 1 aliphatic heterocycles. The van der Waals surface area contributed by atoms with Gasteiger partial charge in [-0.3, -0.25) is 9.36 Å². The third-order valence-corrected chi connectivity index (χ3v) is 8.48. The number of allylic oxidation sites excluding steroid dienone is 2. The molecule has 0 radical (unpaired) electrons. The maximum atomic E-state index is 14.1. The second kappa shape index (κ2) is 10.8. The second-order valence-electron chi connectivity index (χ2n) is 9.11. The fourth-order valence-electron chi connectivity index (χ4n) is 5.10. The highest BCUT2D eigenvalue weighted by atomic mass is 79.9. The fraction of sp³-hybridized carbons (Fsp3) is 0.233. The summed E-state index contributed by atoms with van der Waals surface area (Å²) >= 11 is 4.86. The molecule has 0 N–H and O–H groups in total. The fourth-order valence-corrected chi connectivity index (χ4v) is 6.68. The number of thiazole rings is 1. The molecule has 9 heteroatoms. The molecule has 200 valence electrons. The molecule has 3 heterocycles. The van der Waals surface area contributed by atoms with Gasteiger partial charge >= 0.3 is 5.97 Å². The van der Waals surface area contributed by atoms with Gasteiger partial charge < -0.3 is 14.0 Å². The van der Waals surface area contributed by atoms with E-state index in [0.29, 0.717) is 37.4 Å². The molecule has 5 rings (SSSR count). The average Bonchev–Trinajstić information content (AvgIpc) is 3.36. The summed E-state index contributed by atoms with van der Waals surface area (Å²) in [6.45, 7) is 10.4. The van der Waals surface area contributed by atoms with Gasteiger partial charge in [-0.1, -0.05) is 41.7 Å². The van der Waals surface area contributed by atoms with Crippen molar-refractivity contribution in [2.24, 2.45) is 4.99 Å². The summed E-state index contributed by atoms with van der Waals surface area (Å²) in [5.41, 5.74) is 4.49. The zero-order valence-electron chi connectivity index (χ0n) is 22.2. The molecule has 39 heavy (non-hydrogen) atoms. The highest BCUT2D eigenvalue weighted by Gasteiger charge is 2.33. The van der Waals surface area contributed by atoms with Crippen molar-refractivity contribution in [2.45, 2.75) is 33.4 Å². The van der Waals surface area contributed by atoms with Crippen molar-refractivity contribution < 1.29 is 14.3 Å². The minimum absolute atomic E-state index is 0.215. The Labute approximate surface area is 238 Å². The summed E-state index contributed by atoms with van der Waals surface area (Å²) in [5, 5.41) is 1.06. The molecule has 2 aromatic heterocycles. The molecule has 0 fully saturated rings. The van der Waals surface area contributed by atoms with Gasteiger partial charge in [-0.15, -0.1) is 6.58 Å². The third-order valence-electron chi connectivity index (χ3n) is 6.88. The Balaban J connectivity index is 1.77. The molecule has 2 aromatic carbocycles. The number of nitrogens with zero attached hydrogens (tertiary/aromatic N) is 3. The van der Waals surface area contributed by atoms with Gasteiger partial charge in [0.25, 0.3) is 5.56 Å². The number of carbonyl (C=O) groups excluding carboxylic acids is 1. The highest BCUT2D eigenvalue weighted by molar-refractivity contribution is 9.10. The number of hydrogen-bond donors (Lipinski definition) is 0. The summed E-state index contributed by atoms with van der Waals surface area (Å²) in [7, 11) is 1.59. The zero-order chi connectivity index (χ0) is 27.8. The van der Waals surface area contributed by atoms with Crippen molar-refractivity contribution in [3.8, 4) is 5.75 Å². The smallest absolute Gasteiger partial charge is 0.338 e. The van der Waals surface area contributed by atoms with Gasteiger partial charge in [0.15, 0.2) is 4.80 Å². The molecule has 4 aromatic rings. The molecule has 0 spiro atoms. The number of halogens is 1. The maximum absolute atomic E-state index is 14.1. The minimum atomic E-state index is -0.701. The summed E-state index contributed by atoms with van der Waals surface area (Å²) in [6.07, 6.45) is 3.80. The van der Waals surface area contributed by atoms with E-state index >= 15 is 0 Å². The summed E-state index contributed by atoms with van der Waals surface area (Å²) in [5.74, 6) is 0.157. The average molecular weight is 607 g/mol. The van der Waals surface area contributed by atoms with Crippen molar-refractivity contribution in [1.29, 1.82) is 0 Å². The van der Waals surface area contributed by atoms with Crippen LogP contribution in [0.4, 0.5) is 0 Å². The van der Waals surface area contributed by atoms with Crippen LogP contribution >= 0.6 is 27.3 Å². The molecule has 0 unspecified atom stereocenters. The Morgan fingerprint density at radius 3 is 2.69 bits per heavy atom. The van der Waals surface area contributed by atoms with Crippen LogP contribution in [0.25, 0.3) is 17.0 Å². The highest BCUT2D eigenvalue weighted by Crippen LogP contribution is 2.35. The number of hydrogen-bond acceptors (Lipinski definition) is 6. The quantitative estimate of drug-likeness (QED) is 0.219. The van der Waals surface area contributed by atoms with Crippen LogP contribution in [-0.4, -0.2) is 28.8 Å². The number of fused-ring (bicyclic) bond motifs is 2. The number of para-hydroxylation sites is 1. The van der Waals surface area contributed by atoms with Crippen molar-refractivity contribution >= 4 is 50.2 Å². The summed E-state index contributed by atoms with van der Waals surface area (Å²) in [4.78, 5) is 32.5. The molecule has 0 bridgehead atoms. The largest absolute Gasteiger partial charge is 0.496 e. The van der Waals surface area contributed by atoms with Crippen LogP contribution in [0.2, 0.25) is 0 Å². The Morgan fingerprint density at radius 1 is 1.23 bits per heavy atom. The van der Waals surface area contributed by atoms with Crippen LogP contribution in [0, 0.1) is 6.92 Å². The number of esters is 1. The summed E-state index contributed by atoms with van der Waals surface area (Å²) < 4.78 is 15.8. The third kappa shape index (κ3) is 4.59. The normalized spacial score (nSPS) is 15.3. The minimum Gasteiger partial charge on any atom is -0.496 e. The SMILES string of the molecule is C=CCn1c(C)c(/C=c2\sc3n(c2=O)[C@H](c2ccc(OC)c(Br)c2)C(C(=O)OCC)=C(C)N=3)c2ccccc21. The van der Waals surface area contributed by atoms with Crippen molar-refractivity contribution in [3.05, 3.63) is 107 Å². The van der Waals surface area contributed by atoms with Crippen LogP contribution in [0.5, 0.6) is 5.75 Å².